The third-order valence-corrected chi connectivity index (χ3v) is 2.56. The van der Waals surface area contributed by atoms with Crippen molar-refractivity contribution in [2.75, 3.05) is 7.05 Å². The number of nitrogens with zero attached hydrogens (tertiary/aromatic N) is 1. The summed E-state index contributed by atoms with van der Waals surface area (Å²) in [6.45, 7) is 0. The molecule has 1 N–H and O–H groups in total. The van der Waals surface area contributed by atoms with Gasteiger partial charge < -0.3 is 5.11 Å². The molecule has 1 aliphatic heterocycles. The highest BCUT2D eigenvalue weighted by Gasteiger charge is 2.35. The molecule has 1 aromatic carbocycles. The summed E-state index contributed by atoms with van der Waals surface area (Å²) in [5.41, 5.74) is 0.319. The molecule has 14 heavy (non-hydrogen) atoms. The van der Waals surface area contributed by atoms with Crippen LogP contribution in [-0.2, 0) is 0 Å². The number of rotatable bonds is 0. The summed E-state index contributed by atoms with van der Waals surface area (Å²) >= 11 is 5.71. The van der Waals surface area contributed by atoms with Gasteiger partial charge in [0.25, 0.3) is 11.8 Å². The van der Waals surface area contributed by atoms with E-state index in [9.17, 15) is 14.7 Å². The van der Waals surface area contributed by atoms with Gasteiger partial charge >= 0.3 is 0 Å². The van der Waals surface area contributed by atoms with E-state index >= 15 is 0 Å². The van der Waals surface area contributed by atoms with E-state index < -0.39 is 11.8 Å². The minimum Gasteiger partial charge on any atom is -0.506 e. The van der Waals surface area contributed by atoms with Crippen molar-refractivity contribution in [2.24, 2.45) is 0 Å². The van der Waals surface area contributed by atoms with Crippen LogP contribution in [-0.4, -0.2) is 28.9 Å². The number of imide groups is 1. The Hall–Kier alpha value is -1.55. The first kappa shape index (κ1) is 9.02. The lowest BCUT2D eigenvalue weighted by Gasteiger charge is -2.03. The zero-order valence-corrected chi connectivity index (χ0v) is 8.00. The van der Waals surface area contributed by atoms with E-state index in [1.807, 2.05) is 0 Å². The number of hydrogen-bond donors (Lipinski definition) is 1. The van der Waals surface area contributed by atoms with Crippen molar-refractivity contribution in [3.05, 3.63) is 28.3 Å². The number of carbonyl (C=O) groups excluding carboxylic acids is 2. The summed E-state index contributed by atoms with van der Waals surface area (Å²) < 4.78 is 0. The number of hydrogen-bond acceptors (Lipinski definition) is 3. The second kappa shape index (κ2) is 2.72. The standard InChI is InChI=1S/C9H6ClNO3/c1-11-8(13)4-2-3-5(12)7(10)6(4)9(11)14/h2-3,12H,1H3. The lowest BCUT2D eigenvalue weighted by Crippen LogP contribution is -2.24. The summed E-state index contributed by atoms with van der Waals surface area (Å²) in [6.07, 6.45) is 0. The van der Waals surface area contributed by atoms with Crippen LogP contribution >= 0.6 is 11.6 Å². The summed E-state index contributed by atoms with van der Waals surface area (Å²) in [6, 6.07) is 2.69. The smallest absolute Gasteiger partial charge is 0.262 e. The maximum atomic E-state index is 11.5. The van der Waals surface area contributed by atoms with Crippen LogP contribution in [0.5, 0.6) is 5.75 Å². The van der Waals surface area contributed by atoms with E-state index in [1.54, 1.807) is 0 Å². The first-order chi connectivity index (χ1) is 6.54. The quantitative estimate of drug-likeness (QED) is 0.658. The van der Waals surface area contributed by atoms with Gasteiger partial charge in [0.15, 0.2) is 0 Å². The Morgan fingerprint density at radius 3 is 2.57 bits per heavy atom. The number of aromatic hydroxyl groups is 1. The summed E-state index contributed by atoms with van der Waals surface area (Å²) in [5.74, 6) is -1.07. The molecule has 1 heterocycles. The number of fused-ring (bicyclic) bond motifs is 1. The lowest BCUT2D eigenvalue weighted by molar-refractivity contribution is 0.0693. The van der Waals surface area contributed by atoms with Gasteiger partial charge in [0, 0.05) is 7.05 Å². The number of carbonyl (C=O) groups is 2. The predicted octanol–water partition coefficient (Wildman–Crippen LogP) is 1.27. The maximum Gasteiger partial charge on any atom is 0.262 e. The van der Waals surface area contributed by atoms with E-state index in [4.69, 9.17) is 11.6 Å². The molecule has 2 amide bonds. The maximum absolute atomic E-state index is 11.5. The Bertz CT molecular complexity index is 456. The summed E-state index contributed by atoms with van der Waals surface area (Å²) in [4.78, 5) is 23.9. The van der Waals surface area contributed by atoms with Crippen LogP contribution in [0, 0.1) is 0 Å². The van der Waals surface area contributed by atoms with Crippen LogP contribution in [0.2, 0.25) is 5.02 Å². The first-order valence-corrected chi connectivity index (χ1v) is 4.25. The first-order valence-electron chi connectivity index (χ1n) is 3.88. The van der Waals surface area contributed by atoms with Gasteiger partial charge in [-0.1, -0.05) is 11.6 Å². The van der Waals surface area contributed by atoms with Crippen LogP contribution in [0.4, 0.5) is 0 Å². The second-order valence-corrected chi connectivity index (χ2v) is 3.37. The highest BCUT2D eigenvalue weighted by atomic mass is 35.5. The fourth-order valence-electron chi connectivity index (χ4n) is 1.39. The average molecular weight is 212 g/mol. The van der Waals surface area contributed by atoms with Crippen LogP contribution in [0.25, 0.3) is 0 Å². The van der Waals surface area contributed by atoms with Crippen LogP contribution in [0.3, 0.4) is 0 Å². The molecule has 0 aliphatic carbocycles. The van der Waals surface area contributed by atoms with E-state index in [2.05, 4.69) is 0 Å². The fraction of sp³-hybridized carbons (Fsp3) is 0.111. The second-order valence-electron chi connectivity index (χ2n) is 2.99. The van der Waals surface area contributed by atoms with E-state index in [0.717, 1.165) is 4.90 Å². The van der Waals surface area contributed by atoms with Crippen molar-refractivity contribution in [1.82, 2.24) is 4.90 Å². The number of amides is 2. The fourth-order valence-corrected chi connectivity index (χ4v) is 1.64. The van der Waals surface area contributed by atoms with Crippen molar-refractivity contribution in [1.29, 1.82) is 0 Å². The SMILES string of the molecule is CN1C(=O)c2ccc(O)c(Cl)c2C1=O. The molecule has 0 aromatic heterocycles. The van der Waals surface area contributed by atoms with Gasteiger partial charge in [0.1, 0.15) is 5.75 Å². The third kappa shape index (κ3) is 0.943. The lowest BCUT2D eigenvalue weighted by atomic mass is 10.1. The summed E-state index contributed by atoms with van der Waals surface area (Å²) in [5, 5.41) is 9.20. The Morgan fingerprint density at radius 2 is 1.93 bits per heavy atom. The number of phenols is 1. The van der Waals surface area contributed by atoms with E-state index in [0.29, 0.717) is 0 Å². The molecular formula is C9H6ClNO3. The van der Waals surface area contributed by atoms with Crippen LogP contribution in [0.1, 0.15) is 20.7 Å². The van der Waals surface area contributed by atoms with Crippen molar-refractivity contribution in [3.63, 3.8) is 0 Å². The molecule has 0 saturated carbocycles. The molecule has 4 nitrogen and oxygen atoms in total. The molecule has 0 radical (unpaired) electrons. The minimum atomic E-state index is -0.481. The van der Waals surface area contributed by atoms with Gasteiger partial charge in [-0.15, -0.1) is 0 Å². The van der Waals surface area contributed by atoms with Gasteiger partial charge in [-0.3, -0.25) is 14.5 Å². The van der Waals surface area contributed by atoms with Gasteiger partial charge in [-0.05, 0) is 12.1 Å². The van der Waals surface area contributed by atoms with Gasteiger partial charge in [0.05, 0.1) is 16.1 Å². The Balaban J connectivity index is 2.76. The summed E-state index contributed by atoms with van der Waals surface area (Å²) in [7, 11) is 1.37. The third-order valence-electron chi connectivity index (χ3n) is 2.18. The van der Waals surface area contributed by atoms with Gasteiger partial charge in [-0.25, -0.2) is 0 Å². The molecule has 0 spiro atoms. The molecule has 1 aliphatic rings. The van der Waals surface area contributed by atoms with Crippen molar-refractivity contribution >= 4 is 23.4 Å². The molecule has 0 saturated heterocycles. The van der Waals surface area contributed by atoms with Crippen molar-refractivity contribution in [2.45, 2.75) is 0 Å². The topological polar surface area (TPSA) is 57.6 Å². The molecule has 0 atom stereocenters. The zero-order valence-electron chi connectivity index (χ0n) is 7.24. The largest absolute Gasteiger partial charge is 0.506 e. The number of benzene rings is 1. The Kier molecular flexibility index (Phi) is 1.75. The predicted molar refractivity (Wildman–Crippen MR) is 49.5 cm³/mol. The van der Waals surface area contributed by atoms with E-state index in [1.165, 1.54) is 19.2 Å². The molecule has 0 bridgehead atoms. The molecular weight excluding hydrogens is 206 g/mol. The molecule has 0 fully saturated rings. The Labute approximate surface area is 84.7 Å². The molecule has 5 heteroatoms. The number of phenolic OH excluding ortho intramolecular Hbond substituents is 1. The Morgan fingerprint density at radius 1 is 1.29 bits per heavy atom. The van der Waals surface area contributed by atoms with Crippen LogP contribution in [0.15, 0.2) is 12.1 Å². The molecule has 0 unspecified atom stereocenters. The minimum absolute atomic E-state index is 0.0646. The molecule has 2 rings (SSSR count). The highest BCUT2D eigenvalue weighted by molar-refractivity contribution is 6.38. The van der Waals surface area contributed by atoms with Crippen molar-refractivity contribution < 1.29 is 14.7 Å². The van der Waals surface area contributed by atoms with Crippen LogP contribution < -0.4 is 0 Å². The number of halogens is 1. The molecule has 72 valence electrons. The average Bonchev–Trinajstić information content (AvgIpc) is 2.38. The molecule has 1 aromatic rings. The van der Waals surface area contributed by atoms with Gasteiger partial charge in [0.2, 0.25) is 0 Å². The zero-order chi connectivity index (χ0) is 10.5. The monoisotopic (exact) mass is 211 g/mol. The van der Waals surface area contributed by atoms with E-state index in [-0.39, 0.29) is 21.9 Å². The normalized spacial score (nSPS) is 14.9. The van der Waals surface area contributed by atoms with Gasteiger partial charge in [-0.2, -0.15) is 0 Å². The highest BCUT2D eigenvalue weighted by Crippen LogP contribution is 2.34. The van der Waals surface area contributed by atoms with Crippen molar-refractivity contribution in [3.8, 4) is 5.75 Å².